The average Bonchev–Trinajstić information content (AvgIpc) is 2.78. The number of carbonyl (C=O) groups is 1. The van der Waals surface area contributed by atoms with Crippen LogP contribution in [0.3, 0.4) is 0 Å². The molecule has 1 aromatic heterocycles. The Morgan fingerprint density at radius 2 is 2.00 bits per heavy atom. The molecule has 1 aromatic carbocycles. The number of H-pyrrole nitrogens is 1. The zero-order valence-corrected chi connectivity index (χ0v) is 10.6. The third-order valence-corrected chi connectivity index (χ3v) is 4.03. The first kappa shape index (κ1) is 12.2. The van der Waals surface area contributed by atoms with Gasteiger partial charge >= 0.3 is 5.97 Å². The fraction of sp³-hybridized carbons (Fsp3) is 0.400. The summed E-state index contributed by atoms with van der Waals surface area (Å²) in [6, 6.07) is 4.42. The van der Waals surface area contributed by atoms with Gasteiger partial charge in [-0.3, -0.25) is 0 Å². The van der Waals surface area contributed by atoms with E-state index in [2.05, 4.69) is 4.98 Å². The minimum absolute atomic E-state index is 0.229. The summed E-state index contributed by atoms with van der Waals surface area (Å²) in [5, 5.41) is 10.1. The molecule has 1 aliphatic carbocycles. The van der Waals surface area contributed by atoms with Gasteiger partial charge in [-0.25, -0.2) is 9.18 Å². The number of hydrogen-bond donors (Lipinski definition) is 2. The fourth-order valence-electron chi connectivity index (χ4n) is 3.17. The average molecular weight is 261 g/mol. The van der Waals surface area contributed by atoms with E-state index < -0.39 is 5.97 Å². The SMILES string of the molecule is O=C(O)c1[nH]c2ccc(F)cc2c1C1CCCCC1. The molecule has 3 nitrogen and oxygen atoms in total. The van der Waals surface area contributed by atoms with Gasteiger partial charge in [0, 0.05) is 10.9 Å². The largest absolute Gasteiger partial charge is 0.477 e. The zero-order chi connectivity index (χ0) is 13.4. The molecule has 4 heteroatoms. The van der Waals surface area contributed by atoms with Crippen LogP contribution in [0.1, 0.15) is 54.1 Å². The molecule has 0 radical (unpaired) electrons. The van der Waals surface area contributed by atoms with E-state index >= 15 is 0 Å². The van der Waals surface area contributed by atoms with Crippen LogP contribution in [0.4, 0.5) is 4.39 Å². The van der Waals surface area contributed by atoms with Gasteiger partial charge in [-0.1, -0.05) is 19.3 Å². The lowest BCUT2D eigenvalue weighted by Crippen LogP contribution is -2.09. The summed E-state index contributed by atoms with van der Waals surface area (Å²) in [7, 11) is 0. The Balaban J connectivity index is 2.20. The van der Waals surface area contributed by atoms with Gasteiger partial charge in [0.1, 0.15) is 11.5 Å². The maximum absolute atomic E-state index is 13.4. The van der Waals surface area contributed by atoms with Crippen LogP contribution in [0.2, 0.25) is 0 Å². The summed E-state index contributed by atoms with van der Waals surface area (Å²) in [6.45, 7) is 0. The highest BCUT2D eigenvalue weighted by Gasteiger charge is 2.25. The molecule has 100 valence electrons. The van der Waals surface area contributed by atoms with Crippen molar-refractivity contribution in [3.8, 4) is 0 Å². The first-order valence-corrected chi connectivity index (χ1v) is 6.71. The molecule has 1 heterocycles. The first-order chi connectivity index (χ1) is 9.16. The number of benzene rings is 1. The number of rotatable bonds is 2. The summed E-state index contributed by atoms with van der Waals surface area (Å²) < 4.78 is 13.4. The van der Waals surface area contributed by atoms with E-state index in [0.717, 1.165) is 36.6 Å². The third kappa shape index (κ3) is 2.11. The van der Waals surface area contributed by atoms with Crippen LogP contribution >= 0.6 is 0 Å². The quantitative estimate of drug-likeness (QED) is 0.856. The lowest BCUT2D eigenvalue weighted by atomic mass is 9.82. The van der Waals surface area contributed by atoms with Crippen LogP contribution in [-0.4, -0.2) is 16.1 Å². The van der Waals surface area contributed by atoms with Crippen molar-refractivity contribution < 1.29 is 14.3 Å². The second-order valence-corrected chi connectivity index (χ2v) is 5.24. The number of nitrogens with one attached hydrogen (secondary N) is 1. The molecular formula is C15H16FNO2. The van der Waals surface area contributed by atoms with E-state index in [0.29, 0.717) is 5.52 Å². The van der Waals surface area contributed by atoms with Crippen molar-refractivity contribution in [2.24, 2.45) is 0 Å². The molecule has 1 aliphatic rings. The summed E-state index contributed by atoms with van der Waals surface area (Å²) in [5.41, 5.74) is 1.73. The highest BCUT2D eigenvalue weighted by Crippen LogP contribution is 2.38. The van der Waals surface area contributed by atoms with Gasteiger partial charge < -0.3 is 10.1 Å². The summed E-state index contributed by atoms with van der Waals surface area (Å²) in [4.78, 5) is 14.3. The van der Waals surface area contributed by atoms with Crippen molar-refractivity contribution in [2.45, 2.75) is 38.0 Å². The molecule has 2 aromatic rings. The van der Waals surface area contributed by atoms with Gasteiger partial charge in [0.05, 0.1) is 0 Å². The van der Waals surface area contributed by atoms with E-state index in [1.54, 1.807) is 6.07 Å². The second-order valence-electron chi connectivity index (χ2n) is 5.24. The maximum atomic E-state index is 13.4. The minimum Gasteiger partial charge on any atom is -0.477 e. The molecule has 0 atom stereocenters. The standard InChI is InChI=1S/C15H16FNO2/c16-10-6-7-12-11(8-10)13(14(17-12)15(18)19)9-4-2-1-3-5-9/h6-9,17H,1-5H2,(H,18,19). The van der Waals surface area contributed by atoms with Crippen molar-refractivity contribution >= 4 is 16.9 Å². The van der Waals surface area contributed by atoms with E-state index in [1.165, 1.54) is 18.6 Å². The van der Waals surface area contributed by atoms with Gasteiger partial charge in [-0.15, -0.1) is 0 Å². The topological polar surface area (TPSA) is 53.1 Å². The Morgan fingerprint density at radius 3 is 2.68 bits per heavy atom. The van der Waals surface area contributed by atoms with Gasteiger partial charge in [-0.2, -0.15) is 0 Å². The number of carboxylic acids is 1. The van der Waals surface area contributed by atoms with E-state index in [-0.39, 0.29) is 17.4 Å². The lowest BCUT2D eigenvalue weighted by molar-refractivity contribution is 0.0689. The Hall–Kier alpha value is -1.84. The van der Waals surface area contributed by atoms with Crippen LogP contribution in [0.25, 0.3) is 10.9 Å². The lowest BCUT2D eigenvalue weighted by Gasteiger charge is -2.22. The van der Waals surface area contributed by atoms with Crippen LogP contribution in [-0.2, 0) is 0 Å². The number of aromatic amines is 1. The number of halogens is 1. The highest BCUT2D eigenvalue weighted by molar-refractivity contribution is 5.97. The zero-order valence-electron chi connectivity index (χ0n) is 10.6. The molecule has 0 amide bonds. The molecule has 19 heavy (non-hydrogen) atoms. The Labute approximate surface area is 110 Å². The Kier molecular flexibility index (Phi) is 3.01. The molecule has 0 bridgehead atoms. The van der Waals surface area contributed by atoms with Crippen molar-refractivity contribution in [1.29, 1.82) is 0 Å². The molecule has 1 saturated carbocycles. The number of fused-ring (bicyclic) bond motifs is 1. The van der Waals surface area contributed by atoms with Gasteiger partial charge in [-0.05, 0) is 42.5 Å². The normalized spacial score (nSPS) is 16.9. The van der Waals surface area contributed by atoms with E-state index in [4.69, 9.17) is 0 Å². The molecule has 3 rings (SSSR count). The molecule has 0 spiro atoms. The van der Waals surface area contributed by atoms with Crippen molar-refractivity contribution in [3.05, 3.63) is 35.3 Å². The molecule has 0 saturated heterocycles. The monoisotopic (exact) mass is 261 g/mol. The molecule has 1 fully saturated rings. The predicted octanol–water partition coefficient (Wildman–Crippen LogP) is 4.05. The number of carboxylic acid groups (broad SMARTS) is 1. The third-order valence-electron chi connectivity index (χ3n) is 4.03. The van der Waals surface area contributed by atoms with Gasteiger partial charge in [0.25, 0.3) is 0 Å². The number of aromatic carboxylic acids is 1. The van der Waals surface area contributed by atoms with Crippen LogP contribution in [0, 0.1) is 5.82 Å². The highest BCUT2D eigenvalue weighted by atomic mass is 19.1. The number of aromatic nitrogens is 1. The molecular weight excluding hydrogens is 245 g/mol. The maximum Gasteiger partial charge on any atom is 0.352 e. The van der Waals surface area contributed by atoms with Crippen molar-refractivity contribution in [3.63, 3.8) is 0 Å². The predicted molar refractivity (Wildman–Crippen MR) is 71.0 cm³/mol. The Morgan fingerprint density at radius 1 is 1.26 bits per heavy atom. The summed E-state index contributed by atoms with van der Waals surface area (Å²) in [6.07, 6.45) is 5.42. The second kappa shape index (κ2) is 4.68. The Bertz CT molecular complexity index is 626. The summed E-state index contributed by atoms with van der Waals surface area (Å²) in [5.74, 6) is -1.05. The summed E-state index contributed by atoms with van der Waals surface area (Å²) >= 11 is 0. The van der Waals surface area contributed by atoms with Crippen LogP contribution < -0.4 is 0 Å². The van der Waals surface area contributed by atoms with Gasteiger partial charge in [0.15, 0.2) is 0 Å². The minimum atomic E-state index is -0.961. The molecule has 2 N–H and O–H groups in total. The molecule has 0 aliphatic heterocycles. The van der Waals surface area contributed by atoms with E-state index in [9.17, 15) is 14.3 Å². The van der Waals surface area contributed by atoms with Crippen LogP contribution in [0.5, 0.6) is 0 Å². The number of hydrogen-bond acceptors (Lipinski definition) is 1. The van der Waals surface area contributed by atoms with E-state index in [1.807, 2.05) is 0 Å². The first-order valence-electron chi connectivity index (χ1n) is 6.71. The van der Waals surface area contributed by atoms with Crippen molar-refractivity contribution in [2.75, 3.05) is 0 Å². The van der Waals surface area contributed by atoms with Crippen molar-refractivity contribution in [1.82, 2.24) is 4.98 Å². The fourth-order valence-corrected chi connectivity index (χ4v) is 3.17. The smallest absolute Gasteiger partial charge is 0.352 e. The molecule has 0 unspecified atom stereocenters. The van der Waals surface area contributed by atoms with Gasteiger partial charge in [0.2, 0.25) is 0 Å². The van der Waals surface area contributed by atoms with Crippen LogP contribution in [0.15, 0.2) is 18.2 Å².